The summed E-state index contributed by atoms with van der Waals surface area (Å²) < 4.78 is 40.8. The Morgan fingerprint density at radius 3 is 2.39 bits per heavy atom. The number of esters is 1. The van der Waals surface area contributed by atoms with Gasteiger partial charge in [0.2, 0.25) is 0 Å². The van der Waals surface area contributed by atoms with E-state index in [-0.39, 0.29) is 26.6 Å². The molecule has 1 aromatic rings. The van der Waals surface area contributed by atoms with Crippen LogP contribution >= 0.6 is 34.5 Å². The quantitative estimate of drug-likeness (QED) is 0.735. The zero-order chi connectivity index (χ0) is 17.8. The Kier molecular flexibility index (Phi) is 7.16. The lowest BCUT2D eigenvalue weighted by Crippen LogP contribution is -2.43. The highest BCUT2D eigenvalue weighted by molar-refractivity contribution is 7.18. The van der Waals surface area contributed by atoms with Crippen molar-refractivity contribution in [3.05, 3.63) is 20.3 Å². The first kappa shape index (κ1) is 20.1. The highest BCUT2D eigenvalue weighted by Crippen LogP contribution is 2.31. The summed E-state index contributed by atoms with van der Waals surface area (Å²) in [7, 11) is 0. The van der Waals surface area contributed by atoms with Gasteiger partial charge in [-0.05, 0) is 18.4 Å². The van der Waals surface area contributed by atoms with Crippen molar-refractivity contribution < 1.29 is 27.5 Å². The lowest BCUT2D eigenvalue weighted by Gasteiger charge is -2.19. The van der Waals surface area contributed by atoms with Crippen molar-refractivity contribution in [2.24, 2.45) is 5.92 Å². The Bertz CT molecular complexity index is 556. The monoisotopic (exact) mass is 391 g/mol. The summed E-state index contributed by atoms with van der Waals surface area (Å²) in [5, 5.41) is 2.54. The van der Waals surface area contributed by atoms with Crippen molar-refractivity contribution in [1.82, 2.24) is 5.32 Å². The van der Waals surface area contributed by atoms with E-state index in [4.69, 9.17) is 23.2 Å². The smallest absolute Gasteiger partial charge is 0.422 e. The number of thiophene rings is 1. The lowest BCUT2D eigenvalue weighted by atomic mass is 10.0. The van der Waals surface area contributed by atoms with E-state index in [0.717, 1.165) is 11.3 Å². The molecule has 0 radical (unpaired) electrons. The molecule has 0 aliphatic carbocycles. The number of halogens is 5. The number of carbonyl (C=O) groups excluding carboxylic acids is 2. The fourth-order valence-corrected chi connectivity index (χ4v) is 2.90. The van der Waals surface area contributed by atoms with Gasteiger partial charge in [-0.2, -0.15) is 13.2 Å². The van der Waals surface area contributed by atoms with Gasteiger partial charge in [0.1, 0.15) is 10.4 Å². The van der Waals surface area contributed by atoms with Gasteiger partial charge in [-0.15, -0.1) is 11.3 Å². The Labute approximate surface area is 144 Å². The average Bonchev–Trinajstić information content (AvgIpc) is 2.74. The van der Waals surface area contributed by atoms with Crippen molar-refractivity contribution in [1.29, 1.82) is 0 Å². The van der Waals surface area contributed by atoms with Gasteiger partial charge in [0, 0.05) is 0 Å². The Morgan fingerprint density at radius 1 is 1.35 bits per heavy atom. The summed E-state index contributed by atoms with van der Waals surface area (Å²) in [6, 6.07) is 0.127. The molecule has 0 unspecified atom stereocenters. The van der Waals surface area contributed by atoms with Gasteiger partial charge in [-0.1, -0.05) is 37.0 Å². The second-order valence-electron chi connectivity index (χ2n) is 5.11. The molecule has 1 N–H and O–H groups in total. The molecule has 130 valence electrons. The summed E-state index contributed by atoms with van der Waals surface area (Å²) in [4.78, 5) is 24.0. The fraction of sp³-hybridized carbons (Fsp3) is 0.538. The van der Waals surface area contributed by atoms with Gasteiger partial charge < -0.3 is 10.1 Å². The van der Waals surface area contributed by atoms with E-state index in [1.165, 1.54) is 6.07 Å². The minimum absolute atomic E-state index is 0.0470. The van der Waals surface area contributed by atoms with Gasteiger partial charge in [0.15, 0.2) is 6.61 Å². The summed E-state index contributed by atoms with van der Waals surface area (Å²) in [5.74, 6) is -1.84. The van der Waals surface area contributed by atoms with E-state index in [1.807, 2.05) is 0 Å². The molecule has 0 aliphatic heterocycles. The topological polar surface area (TPSA) is 55.4 Å². The third kappa shape index (κ3) is 6.97. The number of nitrogens with one attached hydrogen (secondary N) is 1. The van der Waals surface area contributed by atoms with E-state index < -0.39 is 30.7 Å². The van der Waals surface area contributed by atoms with E-state index in [2.05, 4.69) is 10.1 Å². The van der Waals surface area contributed by atoms with E-state index in [9.17, 15) is 22.8 Å². The maximum Gasteiger partial charge on any atom is 0.422 e. The first-order chi connectivity index (χ1) is 10.5. The Morgan fingerprint density at radius 2 is 1.96 bits per heavy atom. The molecule has 1 rings (SSSR count). The third-order valence-electron chi connectivity index (χ3n) is 2.54. The van der Waals surface area contributed by atoms with Crippen LogP contribution in [0.25, 0.3) is 0 Å². The molecule has 0 fully saturated rings. The van der Waals surface area contributed by atoms with Crippen LogP contribution in [0.1, 0.15) is 29.9 Å². The summed E-state index contributed by atoms with van der Waals surface area (Å²) in [5.41, 5.74) is 0. The molecule has 1 heterocycles. The van der Waals surface area contributed by atoms with E-state index >= 15 is 0 Å². The van der Waals surface area contributed by atoms with Gasteiger partial charge in [0.05, 0.1) is 9.90 Å². The van der Waals surface area contributed by atoms with Gasteiger partial charge in [0.25, 0.3) is 5.91 Å². The highest BCUT2D eigenvalue weighted by atomic mass is 35.5. The van der Waals surface area contributed by atoms with Crippen molar-refractivity contribution in [2.75, 3.05) is 6.61 Å². The van der Waals surface area contributed by atoms with Gasteiger partial charge >= 0.3 is 12.1 Å². The second kappa shape index (κ2) is 8.21. The van der Waals surface area contributed by atoms with Crippen LogP contribution < -0.4 is 5.32 Å². The van der Waals surface area contributed by atoms with Crippen LogP contribution in [0.4, 0.5) is 13.2 Å². The predicted molar refractivity (Wildman–Crippen MR) is 82.1 cm³/mol. The molecular weight excluding hydrogens is 378 g/mol. The van der Waals surface area contributed by atoms with Crippen LogP contribution in [0.3, 0.4) is 0 Å². The number of amides is 1. The van der Waals surface area contributed by atoms with Crippen molar-refractivity contribution in [2.45, 2.75) is 32.5 Å². The molecule has 0 aromatic carbocycles. The van der Waals surface area contributed by atoms with Crippen LogP contribution in [0.15, 0.2) is 6.07 Å². The van der Waals surface area contributed by atoms with Crippen LogP contribution in [0.5, 0.6) is 0 Å². The largest absolute Gasteiger partial charge is 0.455 e. The maximum atomic E-state index is 12.1. The minimum atomic E-state index is -4.63. The molecular formula is C13H14Cl2F3NO3S. The molecule has 23 heavy (non-hydrogen) atoms. The molecule has 1 amide bonds. The molecule has 0 aliphatic rings. The van der Waals surface area contributed by atoms with Crippen LogP contribution in [0, 0.1) is 5.92 Å². The third-order valence-corrected chi connectivity index (χ3v) is 4.41. The molecule has 0 bridgehead atoms. The lowest BCUT2D eigenvalue weighted by molar-refractivity contribution is -0.187. The minimum Gasteiger partial charge on any atom is -0.455 e. The Hall–Kier alpha value is -0.990. The van der Waals surface area contributed by atoms with Crippen molar-refractivity contribution >= 4 is 46.4 Å². The highest BCUT2D eigenvalue weighted by Gasteiger charge is 2.32. The number of hydrogen-bond donors (Lipinski definition) is 1. The fourth-order valence-electron chi connectivity index (χ4n) is 1.63. The number of alkyl halides is 3. The normalized spacial score (nSPS) is 13.0. The standard InChI is InChI=1S/C13H14Cl2F3NO3S/c1-6(2)3-8(12(21)22-5-13(16,17)18)19-11(20)9-4-7(14)10(15)23-9/h4,6,8H,3,5H2,1-2H3,(H,19,20)/t8-/m0/s1. The van der Waals surface area contributed by atoms with E-state index in [0.29, 0.717) is 0 Å². The maximum absolute atomic E-state index is 12.1. The summed E-state index contributed by atoms with van der Waals surface area (Å²) >= 11 is 12.4. The molecule has 0 spiro atoms. The number of rotatable bonds is 6. The number of hydrogen-bond acceptors (Lipinski definition) is 4. The predicted octanol–water partition coefficient (Wildman–Crippen LogP) is 4.30. The zero-order valence-corrected chi connectivity index (χ0v) is 14.5. The van der Waals surface area contributed by atoms with Gasteiger partial charge in [-0.3, -0.25) is 4.79 Å². The van der Waals surface area contributed by atoms with Crippen LogP contribution in [0.2, 0.25) is 9.36 Å². The molecule has 10 heteroatoms. The molecule has 0 saturated heterocycles. The second-order valence-corrected chi connectivity index (χ2v) is 7.17. The Balaban J connectivity index is 2.77. The van der Waals surface area contributed by atoms with Gasteiger partial charge in [-0.25, -0.2) is 4.79 Å². The van der Waals surface area contributed by atoms with E-state index in [1.54, 1.807) is 13.8 Å². The summed E-state index contributed by atoms with van der Waals surface area (Å²) in [6.45, 7) is 1.82. The van der Waals surface area contributed by atoms with Crippen molar-refractivity contribution in [3.8, 4) is 0 Å². The molecule has 0 saturated carbocycles. The molecule has 4 nitrogen and oxygen atoms in total. The average molecular weight is 392 g/mol. The summed E-state index contributed by atoms with van der Waals surface area (Å²) in [6.07, 6.45) is -4.49. The van der Waals surface area contributed by atoms with Crippen molar-refractivity contribution in [3.63, 3.8) is 0 Å². The molecule has 1 aromatic heterocycles. The SMILES string of the molecule is CC(C)C[C@H](NC(=O)c1cc(Cl)c(Cl)s1)C(=O)OCC(F)(F)F. The number of ether oxygens (including phenoxy) is 1. The number of carbonyl (C=O) groups is 2. The van der Waals surface area contributed by atoms with Crippen LogP contribution in [-0.4, -0.2) is 30.7 Å². The first-order valence-electron chi connectivity index (χ1n) is 6.48. The zero-order valence-electron chi connectivity index (χ0n) is 12.2. The van der Waals surface area contributed by atoms with Crippen LogP contribution in [-0.2, 0) is 9.53 Å². The molecule has 1 atom stereocenters. The first-order valence-corrected chi connectivity index (χ1v) is 8.06.